The van der Waals surface area contributed by atoms with Crippen molar-refractivity contribution in [2.75, 3.05) is 5.75 Å². The fourth-order valence-electron chi connectivity index (χ4n) is 1.70. The lowest BCUT2D eigenvalue weighted by atomic mass is 9.99. The Kier molecular flexibility index (Phi) is 5.39. The summed E-state index contributed by atoms with van der Waals surface area (Å²) in [6.45, 7) is 4.06. The third-order valence-electron chi connectivity index (χ3n) is 2.71. The van der Waals surface area contributed by atoms with E-state index in [2.05, 4.69) is 17.7 Å². The van der Waals surface area contributed by atoms with Crippen LogP contribution in [0, 0.1) is 0 Å². The highest BCUT2D eigenvalue weighted by atomic mass is 33.1. The molecule has 1 rings (SSSR count). The second-order valence-electron chi connectivity index (χ2n) is 4.37. The van der Waals surface area contributed by atoms with E-state index in [0.717, 1.165) is 12.8 Å². The Morgan fingerprint density at radius 3 is 2.71 bits per heavy atom. The molecule has 14 heavy (non-hydrogen) atoms. The summed E-state index contributed by atoms with van der Waals surface area (Å²) in [4.78, 5) is 10.7. The molecular weight excluding hydrogens is 212 g/mol. The zero-order valence-electron chi connectivity index (χ0n) is 9.17. The molecule has 0 aromatic rings. The second kappa shape index (κ2) is 6.06. The van der Waals surface area contributed by atoms with Crippen molar-refractivity contribution in [1.82, 2.24) is 0 Å². The third-order valence-corrected chi connectivity index (χ3v) is 6.07. The van der Waals surface area contributed by atoms with E-state index in [4.69, 9.17) is 0 Å². The highest BCUT2D eigenvalue weighted by Gasteiger charge is 2.29. The van der Waals surface area contributed by atoms with Crippen molar-refractivity contribution >= 4 is 27.4 Å². The maximum absolute atomic E-state index is 10.7. The van der Waals surface area contributed by atoms with E-state index < -0.39 is 0 Å². The number of ketones is 1. The maximum atomic E-state index is 10.7. The van der Waals surface area contributed by atoms with Gasteiger partial charge in [-0.2, -0.15) is 0 Å². The van der Waals surface area contributed by atoms with Crippen molar-refractivity contribution in [3.63, 3.8) is 0 Å². The van der Waals surface area contributed by atoms with Crippen LogP contribution in [0.15, 0.2) is 0 Å². The van der Waals surface area contributed by atoms with Gasteiger partial charge in [-0.1, -0.05) is 34.4 Å². The summed E-state index contributed by atoms with van der Waals surface area (Å²) in [5.74, 6) is 1.65. The van der Waals surface area contributed by atoms with Gasteiger partial charge in [0, 0.05) is 16.9 Å². The van der Waals surface area contributed by atoms with E-state index >= 15 is 0 Å². The molecule has 1 fully saturated rings. The van der Waals surface area contributed by atoms with E-state index in [1.54, 1.807) is 6.92 Å². The predicted molar refractivity (Wildman–Crippen MR) is 66.8 cm³/mol. The normalized spacial score (nSPS) is 26.7. The average Bonchev–Trinajstić information content (AvgIpc) is 2.51. The number of unbranched alkanes of at least 4 members (excludes halogenated alkanes) is 2. The van der Waals surface area contributed by atoms with Crippen molar-refractivity contribution in [2.45, 2.75) is 57.1 Å². The minimum Gasteiger partial charge on any atom is -0.300 e. The molecule has 1 atom stereocenters. The van der Waals surface area contributed by atoms with Crippen molar-refractivity contribution < 1.29 is 4.79 Å². The largest absolute Gasteiger partial charge is 0.300 e. The molecule has 0 aliphatic carbocycles. The molecule has 0 aromatic heterocycles. The molecule has 0 amide bonds. The number of Topliss-reactive ketones (excluding diaryl/α,β-unsaturated/α-hetero) is 1. The van der Waals surface area contributed by atoms with Gasteiger partial charge in [0.15, 0.2) is 0 Å². The van der Waals surface area contributed by atoms with Gasteiger partial charge < -0.3 is 4.79 Å². The van der Waals surface area contributed by atoms with Gasteiger partial charge in [0.25, 0.3) is 0 Å². The molecule has 0 aromatic carbocycles. The van der Waals surface area contributed by atoms with Crippen LogP contribution in [0.1, 0.15) is 52.4 Å². The molecule has 82 valence electrons. The van der Waals surface area contributed by atoms with Crippen LogP contribution in [-0.4, -0.2) is 16.3 Å². The fraction of sp³-hybridized carbons (Fsp3) is 0.909. The molecule has 1 aliphatic heterocycles. The van der Waals surface area contributed by atoms with Crippen molar-refractivity contribution in [3.05, 3.63) is 0 Å². The SMILES string of the molecule is CC(=O)CCCCC[C@]1(C)CCSS1. The minimum atomic E-state index is 0.335. The maximum Gasteiger partial charge on any atom is 0.129 e. The van der Waals surface area contributed by atoms with E-state index in [1.165, 1.54) is 31.4 Å². The van der Waals surface area contributed by atoms with Crippen LogP contribution in [0.5, 0.6) is 0 Å². The van der Waals surface area contributed by atoms with Gasteiger partial charge >= 0.3 is 0 Å². The Labute approximate surface area is 95.2 Å². The predicted octanol–water partition coefficient (Wildman–Crippen LogP) is 4.07. The van der Waals surface area contributed by atoms with Gasteiger partial charge in [0.1, 0.15) is 5.78 Å². The van der Waals surface area contributed by atoms with E-state index in [-0.39, 0.29) is 0 Å². The topological polar surface area (TPSA) is 17.1 Å². The summed E-state index contributed by atoms with van der Waals surface area (Å²) in [6, 6.07) is 0. The number of rotatable bonds is 6. The van der Waals surface area contributed by atoms with E-state index in [1.807, 2.05) is 10.8 Å². The average molecular weight is 232 g/mol. The highest BCUT2D eigenvalue weighted by Crippen LogP contribution is 2.49. The van der Waals surface area contributed by atoms with Gasteiger partial charge in [0.05, 0.1) is 0 Å². The van der Waals surface area contributed by atoms with Crippen LogP contribution in [0.3, 0.4) is 0 Å². The Hall–Kier alpha value is 0.370. The lowest BCUT2D eigenvalue weighted by Gasteiger charge is -2.20. The smallest absolute Gasteiger partial charge is 0.129 e. The molecule has 0 unspecified atom stereocenters. The van der Waals surface area contributed by atoms with Gasteiger partial charge in [-0.25, -0.2) is 0 Å². The minimum absolute atomic E-state index is 0.335. The molecule has 1 nitrogen and oxygen atoms in total. The van der Waals surface area contributed by atoms with Crippen LogP contribution in [0.25, 0.3) is 0 Å². The summed E-state index contributed by atoms with van der Waals surface area (Å²) in [5, 5.41) is 0. The van der Waals surface area contributed by atoms with Crippen LogP contribution in [-0.2, 0) is 4.79 Å². The molecule has 0 N–H and O–H groups in total. The quantitative estimate of drug-likeness (QED) is 0.507. The van der Waals surface area contributed by atoms with Crippen LogP contribution in [0.4, 0.5) is 0 Å². The zero-order valence-corrected chi connectivity index (χ0v) is 10.8. The number of carbonyl (C=O) groups is 1. The Bertz CT molecular complexity index is 186. The van der Waals surface area contributed by atoms with Gasteiger partial charge in [-0.3, -0.25) is 0 Å². The summed E-state index contributed by atoms with van der Waals surface area (Å²) in [5.41, 5.74) is 0. The summed E-state index contributed by atoms with van der Waals surface area (Å²) in [7, 11) is 4.07. The van der Waals surface area contributed by atoms with Crippen LogP contribution >= 0.6 is 21.6 Å². The number of hydrogen-bond acceptors (Lipinski definition) is 3. The first kappa shape index (κ1) is 12.4. The number of hydrogen-bond donors (Lipinski definition) is 0. The van der Waals surface area contributed by atoms with Crippen molar-refractivity contribution in [3.8, 4) is 0 Å². The fourth-order valence-corrected chi connectivity index (χ4v) is 5.00. The first-order chi connectivity index (χ1) is 6.62. The van der Waals surface area contributed by atoms with Crippen molar-refractivity contribution in [1.29, 1.82) is 0 Å². The lowest BCUT2D eigenvalue weighted by Crippen LogP contribution is -2.15. The first-order valence-electron chi connectivity index (χ1n) is 5.42. The molecule has 1 saturated heterocycles. The van der Waals surface area contributed by atoms with Gasteiger partial charge in [-0.15, -0.1) is 0 Å². The molecule has 0 radical (unpaired) electrons. The monoisotopic (exact) mass is 232 g/mol. The molecule has 0 spiro atoms. The van der Waals surface area contributed by atoms with E-state index in [9.17, 15) is 4.79 Å². The molecule has 1 heterocycles. The summed E-state index contributed by atoms with van der Waals surface area (Å²) < 4.78 is 0.529. The Balaban J connectivity index is 2.00. The molecule has 0 bridgehead atoms. The third kappa shape index (κ3) is 4.74. The molecule has 3 heteroatoms. The van der Waals surface area contributed by atoms with Gasteiger partial charge in [0.2, 0.25) is 0 Å². The van der Waals surface area contributed by atoms with Gasteiger partial charge in [-0.05, 0) is 33.1 Å². The van der Waals surface area contributed by atoms with Crippen LogP contribution < -0.4 is 0 Å². The van der Waals surface area contributed by atoms with Crippen LogP contribution in [0.2, 0.25) is 0 Å². The summed E-state index contributed by atoms with van der Waals surface area (Å²) >= 11 is 0. The number of carbonyl (C=O) groups excluding carboxylic acids is 1. The Morgan fingerprint density at radius 1 is 1.36 bits per heavy atom. The molecule has 0 saturated carbocycles. The standard InChI is InChI=1S/C11H20OS2/c1-10(12)6-4-3-5-7-11(2)8-9-13-14-11/h3-9H2,1-2H3/t11-/m1/s1. The first-order valence-corrected chi connectivity index (χ1v) is 7.74. The Morgan fingerprint density at radius 2 is 2.14 bits per heavy atom. The highest BCUT2D eigenvalue weighted by molar-refractivity contribution is 8.77. The second-order valence-corrected chi connectivity index (χ2v) is 7.37. The zero-order chi connectivity index (χ0) is 10.4. The van der Waals surface area contributed by atoms with E-state index in [0.29, 0.717) is 10.5 Å². The summed E-state index contributed by atoms with van der Waals surface area (Å²) in [6.07, 6.45) is 7.05. The lowest BCUT2D eigenvalue weighted by molar-refractivity contribution is -0.117. The van der Waals surface area contributed by atoms with Crippen molar-refractivity contribution in [2.24, 2.45) is 0 Å². The molecule has 1 aliphatic rings. The molecular formula is C11H20OS2.